The highest BCUT2D eigenvalue weighted by Gasteiger charge is 2.06. The highest BCUT2D eigenvalue weighted by Crippen LogP contribution is 2.15. The highest BCUT2D eigenvalue weighted by molar-refractivity contribution is 7.77. The van der Waals surface area contributed by atoms with Gasteiger partial charge in [-0.15, -0.1) is 0 Å². The van der Waals surface area contributed by atoms with Crippen molar-refractivity contribution in [2.24, 2.45) is 0 Å². The van der Waals surface area contributed by atoms with Crippen LogP contribution in [-0.4, -0.2) is 23.0 Å². The van der Waals surface area contributed by atoms with Gasteiger partial charge in [-0.1, -0.05) is 43.1 Å². The average molecular weight is 197 g/mol. The zero-order chi connectivity index (χ0) is 9.68. The second-order valence-corrected chi connectivity index (χ2v) is 3.78. The number of thiol groups is 1. The van der Waals surface area contributed by atoms with Crippen LogP contribution < -0.4 is 0 Å². The highest BCUT2D eigenvalue weighted by atomic mass is 32.1. The van der Waals surface area contributed by atoms with Gasteiger partial charge in [-0.3, -0.25) is 4.31 Å². The molecular formula is C10H15NOS. The first-order chi connectivity index (χ1) is 6.20. The van der Waals surface area contributed by atoms with E-state index >= 15 is 0 Å². The Balaban J connectivity index is 2.44. The number of benzene rings is 1. The van der Waals surface area contributed by atoms with E-state index < -0.39 is 0 Å². The fraction of sp³-hybridized carbons (Fsp3) is 0.400. The van der Waals surface area contributed by atoms with Gasteiger partial charge in [0.25, 0.3) is 0 Å². The number of hydrogen-bond donors (Lipinski definition) is 2. The van der Waals surface area contributed by atoms with Gasteiger partial charge in [-0.05, 0) is 19.0 Å². The monoisotopic (exact) mass is 197 g/mol. The smallest absolute Gasteiger partial charge is 0.0802 e. The van der Waals surface area contributed by atoms with Crippen LogP contribution in [0.3, 0.4) is 0 Å². The molecule has 0 aliphatic carbocycles. The van der Waals surface area contributed by atoms with Crippen molar-refractivity contribution in [1.29, 1.82) is 0 Å². The molecule has 0 fully saturated rings. The SMILES string of the molecule is CN(S)CCC(O)c1ccccc1. The molecule has 0 saturated carbocycles. The van der Waals surface area contributed by atoms with Gasteiger partial charge in [-0.25, -0.2) is 0 Å². The summed E-state index contributed by atoms with van der Waals surface area (Å²) >= 11 is 4.11. The van der Waals surface area contributed by atoms with E-state index in [9.17, 15) is 5.11 Å². The Morgan fingerprint density at radius 1 is 1.38 bits per heavy atom. The van der Waals surface area contributed by atoms with Crippen molar-refractivity contribution in [2.75, 3.05) is 13.6 Å². The van der Waals surface area contributed by atoms with Crippen molar-refractivity contribution in [2.45, 2.75) is 12.5 Å². The largest absolute Gasteiger partial charge is 0.388 e. The van der Waals surface area contributed by atoms with Crippen molar-refractivity contribution >= 4 is 12.8 Å². The van der Waals surface area contributed by atoms with E-state index in [2.05, 4.69) is 12.8 Å². The van der Waals surface area contributed by atoms with Gasteiger partial charge >= 0.3 is 0 Å². The third-order valence-corrected chi connectivity index (χ3v) is 2.11. The molecule has 1 N–H and O–H groups in total. The maximum absolute atomic E-state index is 9.71. The summed E-state index contributed by atoms with van der Waals surface area (Å²) in [5.74, 6) is 0. The minimum Gasteiger partial charge on any atom is -0.388 e. The standard InChI is InChI=1S/C10H15NOS/c1-11(13)8-7-10(12)9-5-3-2-4-6-9/h2-6,10,12-13H,7-8H2,1H3. The lowest BCUT2D eigenvalue weighted by molar-refractivity contribution is 0.162. The van der Waals surface area contributed by atoms with Crippen LogP contribution in [-0.2, 0) is 0 Å². The number of aliphatic hydroxyl groups is 1. The predicted octanol–water partition coefficient (Wildman–Crippen LogP) is 1.89. The average Bonchev–Trinajstić information content (AvgIpc) is 2.15. The second kappa shape index (κ2) is 5.27. The molecule has 2 nitrogen and oxygen atoms in total. The lowest BCUT2D eigenvalue weighted by atomic mass is 10.1. The van der Waals surface area contributed by atoms with Crippen molar-refractivity contribution in [3.63, 3.8) is 0 Å². The first-order valence-corrected chi connectivity index (χ1v) is 4.73. The summed E-state index contributed by atoms with van der Waals surface area (Å²) in [5, 5.41) is 9.71. The second-order valence-electron chi connectivity index (χ2n) is 3.10. The molecule has 1 unspecified atom stereocenters. The molecule has 0 radical (unpaired) electrons. The van der Waals surface area contributed by atoms with E-state index in [4.69, 9.17) is 0 Å². The van der Waals surface area contributed by atoms with Gasteiger partial charge in [-0.2, -0.15) is 0 Å². The molecule has 0 aliphatic heterocycles. The first-order valence-electron chi connectivity index (χ1n) is 4.33. The van der Waals surface area contributed by atoms with Crippen LogP contribution in [0.1, 0.15) is 18.1 Å². The zero-order valence-electron chi connectivity index (χ0n) is 7.72. The van der Waals surface area contributed by atoms with Crippen LogP contribution in [0.25, 0.3) is 0 Å². The van der Waals surface area contributed by atoms with E-state index in [1.54, 1.807) is 4.31 Å². The van der Waals surface area contributed by atoms with Crippen LogP contribution in [0.2, 0.25) is 0 Å². The summed E-state index contributed by atoms with van der Waals surface area (Å²) in [6.07, 6.45) is 0.333. The number of hydrogen-bond acceptors (Lipinski definition) is 3. The van der Waals surface area contributed by atoms with Crippen LogP contribution in [0, 0.1) is 0 Å². The van der Waals surface area contributed by atoms with Crippen LogP contribution >= 0.6 is 12.8 Å². The van der Waals surface area contributed by atoms with Gasteiger partial charge in [0, 0.05) is 6.54 Å². The lowest BCUT2D eigenvalue weighted by Crippen LogP contribution is -2.10. The summed E-state index contributed by atoms with van der Waals surface area (Å²) in [6, 6.07) is 9.68. The van der Waals surface area contributed by atoms with Crippen LogP contribution in [0.15, 0.2) is 30.3 Å². The molecule has 0 saturated heterocycles. The quantitative estimate of drug-likeness (QED) is 0.720. The van der Waals surface area contributed by atoms with E-state index in [-0.39, 0.29) is 6.10 Å². The number of aliphatic hydroxyl groups excluding tert-OH is 1. The summed E-state index contributed by atoms with van der Waals surface area (Å²) in [6.45, 7) is 0.777. The van der Waals surface area contributed by atoms with Crippen LogP contribution in [0.4, 0.5) is 0 Å². The minimum absolute atomic E-state index is 0.379. The van der Waals surface area contributed by atoms with Gasteiger partial charge in [0.2, 0.25) is 0 Å². The molecule has 3 heteroatoms. The summed E-state index contributed by atoms with van der Waals surface area (Å²) in [5.41, 5.74) is 0.970. The van der Waals surface area contributed by atoms with Gasteiger partial charge < -0.3 is 5.11 Å². The fourth-order valence-corrected chi connectivity index (χ4v) is 1.27. The van der Waals surface area contributed by atoms with E-state index in [1.165, 1.54) is 0 Å². The van der Waals surface area contributed by atoms with E-state index in [0.717, 1.165) is 12.1 Å². The summed E-state index contributed by atoms with van der Waals surface area (Å²) in [4.78, 5) is 0. The lowest BCUT2D eigenvalue weighted by Gasteiger charge is -2.13. The van der Waals surface area contributed by atoms with Crippen molar-refractivity contribution in [3.05, 3.63) is 35.9 Å². The maximum Gasteiger partial charge on any atom is 0.0802 e. The molecule has 1 rings (SSSR count). The molecule has 72 valence electrons. The molecule has 1 aromatic carbocycles. The molecule has 0 aromatic heterocycles. The molecule has 13 heavy (non-hydrogen) atoms. The predicted molar refractivity (Wildman–Crippen MR) is 57.6 cm³/mol. The zero-order valence-corrected chi connectivity index (χ0v) is 8.61. The topological polar surface area (TPSA) is 23.5 Å². The Bertz CT molecular complexity index is 238. The molecule has 0 bridgehead atoms. The fourth-order valence-electron chi connectivity index (χ4n) is 1.15. The van der Waals surface area contributed by atoms with Gasteiger partial charge in [0.15, 0.2) is 0 Å². The van der Waals surface area contributed by atoms with E-state index in [0.29, 0.717) is 6.42 Å². The summed E-state index contributed by atoms with van der Waals surface area (Å²) in [7, 11) is 1.88. The van der Waals surface area contributed by atoms with E-state index in [1.807, 2.05) is 37.4 Å². The third kappa shape index (κ3) is 3.81. The molecule has 0 amide bonds. The Hall–Kier alpha value is -0.510. The Kier molecular flexibility index (Phi) is 4.28. The summed E-state index contributed by atoms with van der Waals surface area (Å²) < 4.78 is 1.77. The molecule has 0 aliphatic rings. The molecule has 1 atom stereocenters. The van der Waals surface area contributed by atoms with Crippen molar-refractivity contribution in [1.82, 2.24) is 4.31 Å². The normalized spacial score (nSPS) is 13.2. The minimum atomic E-state index is -0.379. The Morgan fingerprint density at radius 3 is 2.54 bits per heavy atom. The third-order valence-electron chi connectivity index (χ3n) is 1.91. The molecule has 0 spiro atoms. The van der Waals surface area contributed by atoms with Gasteiger partial charge in [0.05, 0.1) is 6.10 Å². The number of nitrogens with zero attached hydrogens (tertiary/aromatic N) is 1. The van der Waals surface area contributed by atoms with Crippen LogP contribution in [0.5, 0.6) is 0 Å². The Morgan fingerprint density at radius 2 is 2.00 bits per heavy atom. The molecule has 1 aromatic rings. The maximum atomic E-state index is 9.71. The molecule has 0 heterocycles. The van der Waals surface area contributed by atoms with Gasteiger partial charge in [0.1, 0.15) is 0 Å². The Labute approximate surface area is 84.7 Å². The molecular weight excluding hydrogens is 182 g/mol. The van der Waals surface area contributed by atoms with Crippen molar-refractivity contribution < 1.29 is 5.11 Å². The first kappa shape index (κ1) is 10.6. The number of rotatable bonds is 4. The van der Waals surface area contributed by atoms with Crippen molar-refractivity contribution in [3.8, 4) is 0 Å².